The van der Waals surface area contributed by atoms with E-state index in [4.69, 9.17) is 23.2 Å². The quantitative estimate of drug-likeness (QED) is 0.781. The van der Waals surface area contributed by atoms with Crippen LogP contribution in [0.5, 0.6) is 0 Å². The highest BCUT2D eigenvalue weighted by atomic mass is 35.5. The number of halogens is 2. The van der Waals surface area contributed by atoms with E-state index in [9.17, 15) is 5.11 Å². The molecule has 0 bridgehead atoms. The molecule has 1 atom stereocenters. The van der Waals surface area contributed by atoms with Crippen LogP contribution in [0.3, 0.4) is 0 Å². The third-order valence-electron chi connectivity index (χ3n) is 2.58. The molecule has 82 valence electrons. The van der Waals surface area contributed by atoms with Crippen LogP contribution in [0.4, 0.5) is 0 Å². The van der Waals surface area contributed by atoms with E-state index in [2.05, 4.69) is 10.3 Å². The second-order valence-corrected chi connectivity index (χ2v) is 4.72. The molecule has 3 nitrogen and oxygen atoms in total. The second kappa shape index (κ2) is 4.26. The van der Waals surface area contributed by atoms with Gasteiger partial charge in [0.1, 0.15) is 10.3 Å². The summed E-state index contributed by atoms with van der Waals surface area (Å²) in [5.74, 6) is 0. The Morgan fingerprint density at radius 2 is 2.07 bits per heavy atom. The monoisotopic (exact) mass is 246 g/mol. The van der Waals surface area contributed by atoms with Crippen LogP contribution in [-0.4, -0.2) is 28.8 Å². The molecule has 0 aliphatic carbocycles. The number of nitrogens with zero attached hydrogens (tertiary/aromatic N) is 1. The minimum atomic E-state index is -0.673. The predicted octanol–water partition coefficient (Wildman–Crippen LogP) is 1.66. The molecule has 1 aliphatic rings. The molecule has 15 heavy (non-hydrogen) atoms. The molecule has 2 heterocycles. The van der Waals surface area contributed by atoms with Crippen molar-refractivity contribution in [3.8, 4) is 0 Å². The molecule has 0 spiro atoms. The Kier molecular flexibility index (Phi) is 3.16. The van der Waals surface area contributed by atoms with E-state index in [1.54, 1.807) is 12.1 Å². The lowest BCUT2D eigenvalue weighted by atomic mass is 9.94. The van der Waals surface area contributed by atoms with Gasteiger partial charge in [-0.15, -0.1) is 0 Å². The first-order valence-electron chi connectivity index (χ1n) is 4.82. The Balaban J connectivity index is 2.16. The molecule has 1 saturated heterocycles. The molecule has 0 aromatic carbocycles. The zero-order valence-electron chi connectivity index (χ0n) is 8.13. The van der Waals surface area contributed by atoms with Crippen LogP contribution >= 0.6 is 23.2 Å². The topological polar surface area (TPSA) is 45.2 Å². The SMILES string of the molecule is OC1(Cc2cc(Cl)nc(Cl)c2)CCNC1. The van der Waals surface area contributed by atoms with Gasteiger partial charge in [-0.3, -0.25) is 0 Å². The Bertz CT molecular complexity index is 344. The minimum absolute atomic E-state index is 0.368. The summed E-state index contributed by atoms with van der Waals surface area (Å²) in [5, 5.41) is 14.0. The van der Waals surface area contributed by atoms with Crippen LogP contribution in [0.15, 0.2) is 12.1 Å². The van der Waals surface area contributed by atoms with Crippen molar-refractivity contribution in [2.24, 2.45) is 0 Å². The van der Waals surface area contributed by atoms with Crippen molar-refractivity contribution < 1.29 is 5.11 Å². The molecular formula is C10H12Cl2N2O. The Morgan fingerprint density at radius 3 is 2.60 bits per heavy atom. The average molecular weight is 247 g/mol. The van der Waals surface area contributed by atoms with Crippen molar-refractivity contribution in [1.29, 1.82) is 0 Å². The summed E-state index contributed by atoms with van der Waals surface area (Å²) >= 11 is 11.6. The van der Waals surface area contributed by atoms with Gasteiger partial charge in [0, 0.05) is 13.0 Å². The van der Waals surface area contributed by atoms with E-state index >= 15 is 0 Å². The molecule has 0 radical (unpaired) electrons. The number of hydrogen-bond donors (Lipinski definition) is 2. The first-order chi connectivity index (χ1) is 7.07. The molecule has 1 aromatic heterocycles. The number of hydrogen-bond acceptors (Lipinski definition) is 3. The maximum Gasteiger partial charge on any atom is 0.131 e. The van der Waals surface area contributed by atoms with Gasteiger partial charge in [0.25, 0.3) is 0 Å². The Labute approximate surface area is 98.4 Å². The van der Waals surface area contributed by atoms with Crippen LogP contribution in [-0.2, 0) is 6.42 Å². The molecule has 1 unspecified atom stereocenters. The molecule has 2 rings (SSSR count). The zero-order chi connectivity index (χ0) is 10.9. The van der Waals surface area contributed by atoms with Gasteiger partial charge in [-0.05, 0) is 30.7 Å². The summed E-state index contributed by atoms with van der Waals surface area (Å²) in [6, 6.07) is 3.48. The zero-order valence-corrected chi connectivity index (χ0v) is 9.65. The smallest absolute Gasteiger partial charge is 0.131 e. The highest BCUT2D eigenvalue weighted by Crippen LogP contribution is 2.23. The van der Waals surface area contributed by atoms with Crippen molar-refractivity contribution in [2.75, 3.05) is 13.1 Å². The van der Waals surface area contributed by atoms with E-state index in [-0.39, 0.29) is 0 Å². The van der Waals surface area contributed by atoms with Gasteiger partial charge < -0.3 is 10.4 Å². The van der Waals surface area contributed by atoms with Gasteiger partial charge in [0.15, 0.2) is 0 Å². The highest BCUT2D eigenvalue weighted by molar-refractivity contribution is 6.32. The fourth-order valence-corrected chi connectivity index (χ4v) is 2.38. The lowest BCUT2D eigenvalue weighted by molar-refractivity contribution is 0.0619. The molecular weight excluding hydrogens is 235 g/mol. The molecule has 2 N–H and O–H groups in total. The molecule has 0 amide bonds. The van der Waals surface area contributed by atoms with Crippen LogP contribution in [0.1, 0.15) is 12.0 Å². The van der Waals surface area contributed by atoms with E-state index in [0.29, 0.717) is 23.3 Å². The fraction of sp³-hybridized carbons (Fsp3) is 0.500. The lowest BCUT2D eigenvalue weighted by Crippen LogP contribution is -2.33. The Morgan fingerprint density at radius 1 is 1.40 bits per heavy atom. The Hall–Kier alpha value is -0.350. The van der Waals surface area contributed by atoms with Crippen molar-refractivity contribution >= 4 is 23.2 Å². The summed E-state index contributed by atoms with van der Waals surface area (Å²) in [4.78, 5) is 3.87. The molecule has 1 aliphatic heterocycles. The van der Waals surface area contributed by atoms with Crippen molar-refractivity contribution in [3.63, 3.8) is 0 Å². The van der Waals surface area contributed by atoms with Gasteiger partial charge >= 0.3 is 0 Å². The van der Waals surface area contributed by atoms with Crippen LogP contribution in [0.25, 0.3) is 0 Å². The maximum atomic E-state index is 10.2. The molecule has 1 fully saturated rings. The summed E-state index contributed by atoms with van der Waals surface area (Å²) in [6.07, 6.45) is 1.31. The van der Waals surface area contributed by atoms with Gasteiger partial charge in [-0.1, -0.05) is 23.2 Å². The predicted molar refractivity (Wildman–Crippen MR) is 60.4 cm³/mol. The molecule has 1 aromatic rings. The van der Waals surface area contributed by atoms with E-state index in [1.807, 2.05) is 0 Å². The number of rotatable bonds is 2. The van der Waals surface area contributed by atoms with Gasteiger partial charge in [-0.2, -0.15) is 0 Å². The van der Waals surface area contributed by atoms with E-state index in [0.717, 1.165) is 18.5 Å². The summed E-state index contributed by atoms with van der Waals surface area (Å²) in [5.41, 5.74) is 0.250. The van der Waals surface area contributed by atoms with Crippen LogP contribution in [0.2, 0.25) is 10.3 Å². The fourth-order valence-electron chi connectivity index (χ4n) is 1.88. The number of aliphatic hydroxyl groups is 1. The van der Waals surface area contributed by atoms with Gasteiger partial charge in [0.2, 0.25) is 0 Å². The normalized spacial score (nSPS) is 25.8. The standard InChI is InChI=1S/C10H12Cl2N2O/c11-8-3-7(4-9(12)14-8)5-10(15)1-2-13-6-10/h3-4,13,15H,1-2,5-6H2. The van der Waals surface area contributed by atoms with Crippen molar-refractivity contribution in [2.45, 2.75) is 18.4 Å². The summed E-state index contributed by atoms with van der Waals surface area (Å²) in [6.45, 7) is 1.47. The van der Waals surface area contributed by atoms with E-state index in [1.165, 1.54) is 0 Å². The first kappa shape index (κ1) is 11.1. The highest BCUT2D eigenvalue weighted by Gasteiger charge is 2.31. The number of nitrogens with one attached hydrogen (secondary N) is 1. The van der Waals surface area contributed by atoms with Gasteiger partial charge in [-0.25, -0.2) is 4.98 Å². The maximum absolute atomic E-state index is 10.2. The minimum Gasteiger partial charge on any atom is -0.388 e. The second-order valence-electron chi connectivity index (χ2n) is 3.95. The largest absolute Gasteiger partial charge is 0.388 e. The van der Waals surface area contributed by atoms with Crippen molar-refractivity contribution in [1.82, 2.24) is 10.3 Å². The molecule has 0 saturated carbocycles. The number of pyridine rings is 1. The summed E-state index contributed by atoms with van der Waals surface area (Å²) in [7, 11) is 0. The van der Waals surface area contributed by atoms with Crippen LogP contribution in [0, 0.1) is 0 Å². The third-order valence-corrected chi connectivity index (χ3v) is 2.96. The average Bonchev–Trinajstić information content (AvgIpc) is 2.49. The lowest BCUT2D eigenvalue weighted by Gasteiger charge is -2.21. The number of β-amino-alcohol motifs (C(OH)–C–C–N with tert-alkyl or cyclic N) is 1. The molecule has 5 heteroatoms. The first-order valence-corrected chi connectivity index (χ1v) is 5.58. The summed E-state index contributed by atoms with van der Waals surface area (Å²) < 4.78 is 0. The van der Waals surface area contributed by atoms with E-state index < -0.39 is 5.60 Å². The van der Waals surface area contributed by atoms with Crippen molar-refractivity contribution in [3.05, 3.63) is 28.0 Å². The van der Waals surface area contributed by atoms with Crippen LogP contribution < -0.4 is 5.32 Å². The third kappa shape index (κ3) is 2.82. The van der Waals surface area contributed by atoms with Gasteiger partial charge in [0.05, 0.1) is 5.60 Å². The number of aromatic nitrogens is 1.